The number of unbranched alkanes of at least 4 members (excludes halogenated alkanes) is 1. The molecule has 0 spiro atoms. The largest absolute Gasteiger partial charge is 0.477 e. The van der Waals surface area contributed by atoms with Crippen molar-refractivity contribution < 1.29 is 19.4 Å². The average Bonchev–Trinajstić information content (AvgIpc) is 2.85. The van der Waals surface area contributed by atoms with Gasteiger partial charge < -0.3 is 19.9 Å². The van der Waals surface area contributed by atoms with E-state index in [-0.39, 0.29) is 0 Å². The van der Waals surface area contributed by atoms with Crippen molar-refractivity contribution in [1.82, 2.24) is 5.32 Å². The van der Waals surface area contributed by atoms with Crippen LogP contribution in [0.25, 0.3) is 0 Å². The predicted molar refractivity (Wildman–Crippen MR) is 74.9 cm³/mol. The molecular weight excluding hydrogens is 266 g/mol. The van der Waals surface area contributed by atoms with Gasteiger partial charge in [-0.3, -0.25) is 0 Å². The Bertz CT molecular complexity index is 367. The number of nitrogens with one attached hydrogen (secondary N) is 1. The molecule has 0 unspecified atom stereocenters. The molecule has 1 aromatic rings. The van der Waals surface area contributed by atoms with Crippen LogP contribution in [0.4, 0.5) is 0 Å². The molecule has 19 heavy (non-hydrogen) atoms. The Morgan fingerprint density at radius 2 is 2.21 bits per heavy atom. The van der Waals surface area contributed by atoms with Crippen LogP contribution in [-0.2, 0) is 16.0 Å². The highest BCUT2D eigenvalue weighted by molar-refractivity contribution is 7.12. The number of carboxylic acid groups (broad SMARTS) is 1. The summed E-state index contributed by atoms with van der Waals surface area (Å²) >= 11 is 1.27. The van der Waals surface area contributed by atoms with E-state index in [0.717, 1.165) is 31.6 Å². The lowest BCUT2D eigenvalue weighted by molar-refractivity contribution is 0.0688. The highest BCUT2D eigenvalue weighted by atomic mass is 32.1. The number of thiophene rings is 1. The van der Waals surface area contributed by atoms with Crippen molar-refractivity contribution >= 4 is 17.3 Å². The van der Waals surface area contributed by atoms with Gasteiger partial charge in [0.25, 0.3) is 0 Å². The van der Waals surface area contributed by atoms with Crippen molar-refractivity contribution in [2.24, 2.45) is 0 Å². The highest BCUT2D eigenvalue weighted by Gasteiger charge is 2.10. The molecule has 0 radical (unpaired) electrons. The summed E-state index contributed by atoms with van der Waals surface area (Å²) in [6.45, 7) is 3.48. The number of rotatable bonds is 11. The molecule has 1 rings (SSSR count). The van der Waals surface area contributed by atoms with Crippen LogP contribution in [-0.4, -0.2) is 44.6 Å². The molecule has 0 fully saturated rings. The summed E-state index contributed by atoms with van der Waals surface area (Å²) in [6, 6.07) is 1.86. The molecule has 0 aliphatic rings. The van der Waals surface area contributed by atoms with Gasteiger partial charge in [0.05, 0.1) is 13.2 Å². The summed E-state index contributed by atoms with van der Waals surface area (Å²) in [4.78, 5) is 11.3. The van der Waals surface area contributed by atoms with Gasteiger partial charge in [0.1, 0.15) is 4.88 Å². The van der Waals surface area contributed by atoms with Gasteiger partial charge >= 0.3 is 5.97 Å². The summed E-state index contributed by atoms with van der Waals surface area (Å²) in [5, 5.41) is 14.0. The summed E-state index contributed by atoms with van der Waals surface area (Å²) in [5.74, 6) is -0.849. The van der Waals surface area contributed by atoms with Gasteiger partial charge in [0.15, 0.2) is 0 Å². The zero-order valence-corrected chi connectivity index (χ0v) is 12.0. The normalized spacial score (nSPS) is 10.8. The first-order chi connectivity index (χ1) is 9.25. The van der Waals surface area contributed by atoms with Crippen LogP contribution in [0.3, 0.4) is 0 Å². The first-order valence-electron chi connectivity index (χ1n) is 6.32. The number of hydrogen-bond donors (Lipinski definition) is 2. The Labute approximate surface area is 117 Å². The van der Waals surface area contributed by atoms with Crippen molar-refractivity contribution in [3.63, 3.8) is 0 Å². The molecule has 5 nitrogen and oxygen atoms in total. The van der Waals surface area contributed by atoms with Crippen molar-refractivity contribution in [3.05, 3.63) is 21.9 Å². The topological polar surface area (TPSA) is 67.8 Å². The van der Waals surface area contributed by atoms with Crippen LogP contribution in [0.5, 0.6) is 0 Å². The van der Waals surface area contributed by atoms with E-state index in [2.05, 4.69) is 5.32 Å². The number of methoxy groups -OCH3 is 1. The second kappa shape index (κ2) is 9.91. The fourth-order valence-corrected chi connectivity index (χ4v) is 2.34. The van der Waals surface area contributed by atoms with Gasteiger partial charge in [-0.2, -0.15) is 0 Å². The smallest absolute Gasteiger partial charge is 0.346 e. The highest BCUT2D eigenvalue weighted by Crippen LogP contribution is 2.16. The lowest BCUT2D eigenvalue weighted by Gasteiger charge is -2.05. The molecule has 6 heteroatoms. The molecule has 0 atom stereocenters. The van der Waals surface area contributed by atoms with Gasteiger partial charge in [0, 0.05) is 20.3 Å². The molecule has 0 amide bonds. The minimum atomic E-state index is -0.849. The monoisotopic (exact) mass is 287 g/mol. The molecule has 0 saturated heterocycles. The van der Waals surface area contributed by atoms with E-state index >= 15 is 0 Å². The lowest BCUT2D eigenvalue weighted by atomic mass is 10.2. The van der Waals surface area contributed by atoms with Crippen molar-refractivity contribution in [2.45, 2.75) is 19.4 Å². The van der Waals surface area contributed by atoms with E-state index in [0.29, 0.717) is 24.6 Å². The number of carbonyl (C=O) groups is 1. The third-order valence-corrected chi connectivity index (χ3v) is 3.53. The van der Waals surface area contributed by atoms with Gasteiger partial charge in [-0.05, 0) is 36.4 Å². The Morgan fingerprint density at radius 3 is 2.95 bits per heavy atom. The third kappa shape index (κ3) is 6.68. The molecule has 0 saturated carbocycles. The van der Waals surface area contributed by atoms with Crippen LogP contribution in [0.1, 0.15) is 28.1 Å². The van der Waals surface area contributed by atoms with E-state index in [1.54, 1.807) is 7.11 Å². The zero-order chi connectivity index (χ0) is 13.9. The second-order valence-electron chi connectivity index (χ2n) is 4.07. The van der Waals surface area contributed by atoms with Gasteiger partial charge in [-0.1, -0.05) is 0 Å². The van der Waals surface area contributed by atoms with Crippen LogP contribution in [0, 0.1) is 0 Å². The Kier molecular flexibility index (Phi) is 8.40. The SMILES string of the molecule is COCCOCCCCNCc1ccsc1C(=O)O. The van der Waals surface area contributed by atoms with Gasteiger partial charge in [-0.25, -0.2) is 4.79 Å². The predicted octanol–water partition coefficient (Wildman–Crippen LogP) is 1.98. The van der Waals surface area contributed by atoms with Crippen LogP contribution in [0.2, 0.25) is 0 Å². The molecule has 108 valence electrons. The maximum atomic E-state index is 10.9. The standard InChI is InChI=1S/C13H21NO4S/c1-17-7-8-18-6-3-2-5-14-10-11-4-9-19-12(11)13(15)16/h4,9,14H,2-3,5-8,10H2,1H3,(H,15,16). The number of aromatic carboxylic acids is 1. The fraction of sp³-hybridized carbons (Fsp3) is 0.615. The number of hydrogen-bond acceptors (Lipinski definition) is 5. The Morgan fingerprint density at radius 1 is 1.37 bits per heavy atom. The first-order valence-corrected chi connectivity index (χ1v) is 7.20. The van der Waals surface area contributed by atoms with Crippen LogP contribution >= 0.6 is 11.3 Å². The quantitative estimate of drug-likeness (QED) is 0.609. The van der Waals surface area contributed by atoms with E-state index < -0.39 is 5.97 Å². The average molecular weight is 287 g/mol. The lowest BCUT2D eigenvalue weighted by Crippen LogP contribution is -2.16. The molecule has 1 aromatic heterocycles. The maximum absolute atomic E-state index is 10.9. The summed E-state index contributed by atoms with van der Waals surface area (Å²) in [7, 11) is 1.66. The molecule has 0 aliphatic carbocycles. The van der Waals surface area contributed by atoms with Gasteiger partial charge in [0.2, 0.25) is 0 Å². The summed E-state index contributed by atoms with van der Waals surface area (Å²) in [6.07, 6.45) is 2.01. The minimum absolute atomic E-state index is 0.426. The minimum Gasteiger partial charge on any atom is -0.477 e. The van der Waals surface area contributed by atoms with Gasteiger partial charge in [-0.15, -0.1) is 11.3 Å². The molecular formula is C13H21NO4S. The molecule has 0 aliphatic heterocycles. The van der Waals surface area contributed by atoms with Crippen LogP contribution in [0.15, 0.2) is 11.4 Å². The van der Waals surface area contributed by atoms with E-state index in [1.807, 2.05) is 11.4 Å². The molecule has 1 heterocycles. The van der Waals surface area contributed by atoms with Crippen molar-refractivity contribution in [1.29, 1.82) is 0 Å². The summed E-state index contributed by atoms with van der Waals surface area (Å²) < 4.78 is 10.2. The number of carboxylic acids is 1. The van der Waals surface area contributed by atoms with Crippen molar-refractivity contribution in [3.8, 4) is 0 Å². The van der Waals surface area contributed by atoms with Crippen molar-refractivity contribution in [2.75, 3.05) is 33.5 Å². The second-order valence-corrected chi connectivity index (χ2v) is 4.99. The zero-order valence-electron chi connectivity index (χ0n) is 11.2. The third-order valence-electron chi connectivity index (χ3n) is 2.58. The van der Waals surface area contributed by atoms with E-state index in [4.69, 9.17) is 14.6 Å². The molecule has 2 N–H and O–H groups in total. The van der Waals surface area contributed by atoms with E-state index in [9.17, 15) is 4.79 Å². The fourth-order valence-electron chi connectivity index (χ4n) is 1.58. The molecule has 0 bridgehead atoms. The first kappa shape index (κ1) is 16.1. The maximum Gasteiger partial charge on any atom is 0.346 e. The Balaban J connectivity index is 2.02. The van der Waals surface area contributed by atoms with E-state index in [1.165, 1.54) is 11.3 Å². The molecule has 0 aromatic carbocycles. The van der Waals surface area contributed by atoms with Crippen LogP contribution < -0.4 is 5.32 Å². The number of ether oxygens (including phenoxy) is 2. The summed E-state index contributed by atoms with van der Waals surface area (Å²) in [5.41, 5.74) is 0.855. The Hall–Kier alpha value is -0.950.